The summed E-state index contributed by atoms with van der Waals surface area (Å²) in [5, 5.41) is 11.7. The summed E-state index contributed by atoms with van der Waals surface area (Å²) in [5.74, 6) is 0.197. The van der Waals surface area contributed by atoms with E-state index in [2.05, 4.69) is 62.5 Å². The number of aliphatic hydroxyl groups is 1. The van der Waals surface area contributed by atoms with E-state index >= 15 is 0 Å². The Hall–Kier alpha value is 1.42. The fourth-order valence-electron chi connectivity index (χ4n) is 1.77. The van der Waals surface area contributed by atoms with E-state index in [1.54, 1.807) is 0 Å². The summed E-state index contributed by atoms with van der Waals surface area (Å²) in [4.78, 5) is 11.8. The van der Waals surface area contributed by atoms with Gasteiger partial charge in [0.25, 0.3) is 0 Å². The van der Waals surface area contributed by atoms with Crippen molar-refractivity contribution in [3.8, 4) is 0 Å². The second-order valence-corrected chi connectivity index (χ2v) is 8.43. The molecule has 0 aliphatic carbocycles. The summed E-state index contributed by atoms with van der Waals surface area (Å²) in [6, 6.07) is 0. The molecule has 2 N–H and O–H groups in total. The zero-order valence-electron chi connectivity index (χ0n) is 15.2. The van der Waals surface area contributed by atoms with Crippen LogP contribution in [0.4, 0.5) is 0 Å². The van der Waals surface area contributed by atoms with E-state index in [-0.39, 0.29) is 61.5 Å². The Balaban J connectivity index is -0.000000348. The van der Waals surface area contributed by atoms with Gasteiger partial charge in [0.2, 0.25) is 0 Å². The third-order valence-corrected chi connectivity index (χ3v) is 3.51. The number of alkyl halides is 1. The van der Waals surface area contributed by atoms with Crippen molar-refractivity contribution in [2.75, 3.05) is 11.0 Å². The van der Waals surface area contributed by atoms with Crippen LogP contribution in [-0.2, 0) is 37.5 Å². The standard InChI is InChI=1S/C12H23O.C5H11INO.Y/c1-9(8-11(2,3)4)10(13)12(5,6)7;1-2-3-7-5(8)4-6;/h9H,1,8H2,2-7H3;5,7-8H,1-4H2;/q2*-1;. The molecule has 0 saturated carbocycles. The molecule has 0 rings (SSSR count). The average Bonchev–Trinajstić information content (AvgIpc) is 2.32. The van der Waals surface area contributed by atoms with Crippen LogP contribution in [0.25, 0.3) is 0 Å². The van der Waals surface area contributed by atoms with E-state index in [1.165, 1.54) is 0 Å². The fraction of sp³-hybridized carbons (Fsp3) is 0.824. The van der Waals surface area contributed by atoms with E-state index in [4.69, 9.17) is 5.11 Å². The number of hydrogen-bond acceptors (Lipinski definition) is 3. The van der Waals surface area contributed by atoms with E-state index in [0.717, 1.165) is 23.8 Å². The zero-order valence-corrected chi connectivity index (χ0v) is 20.2. The SMILES string of the molecule is [CH2-]C(CC(C)(C)C)C(=O)C(C)(C)C.[CH2-]CCNC(O)CI.[Y]. The number of halogens is 1. The first-order valence-electron chi connectivity index (χ1n) is 7.49. The van der Waals surface area contributed by atoms with Crippen molar-refractivity contribution in [2.24, 2.45) is 16.7 Å². The first kappa shape index (κ1) is 28.2. The molecule has 0 fully saturated rings. The van der Waals surface area contributed by atoms with Crippen molar-refractivity contribution in [3.05, 3.63) is 13.8 Å². The summed E-state index contributed by atoms with van der Waals surface area (Å²) < 4.78 is 0.734. The van der Waals surface area contributed by atoms with Crippen LogP contribution in [0.2, 0.25) is 0 Å². The van der Waals surface area contributed by atoms with Crippen LogP contribution < -0.4 is 5.32 Å². The molecule has 2 unspecified atom stereocenters. The van der Waals surface area contributed by atoms with Crippen molar-refractivity contribution in [1.82, 2.24) is 5.32 Å². The van der Waals surface area contributed by atoms with Crippen LogP contribution in [-0.4, -0.2) is 28.1 Å². The molecule has 0 saturated heterocycles. The summed E-state index contributed by atoms with van der Waals surface area (Å²) in [5.41, 5.74) is -0.0645. The number of ketones is 1. The Labute approximate surface area is 177 Å². The molecule has 0 spiro atoms. The summed E-state index contributed by atoms with van der Waals surface area (Å²) >= 11 is 2.12. The van der Waals surface area contributed by atoms with Gasteiger partial charge in [0.15, 0.2) is 0 Å². The van der Waals surface area contributed by atoms with E-state index in [1.807, 2.05) is 20.8 Å². The Bertz CT molecular complexity index is 285. The van der Waals surface area contributed by atoms with Gasteiger partial charge >= 0.3 is 0 Å². The van der Waals surface area contributed by atoms with Gasteiger partial charge in [-0.2, -0.15) is 6.42 Å². The minimum atomic E-state index is -0.350. The molecule has 22 heavy (non-hydrogen) atoms. The van der Waals surface area contributed by atoms with Gasteiger partial charge in [0.1, 0.15) is 12.0 Å². The molecule has 0 aromatic rings. The first-order chi connectivity index (χ1) is 9.35. The van der Waals surface area contributed by atoms with Crippen LogP contribution in [0.5, 0.6) is 0 Å². The van der Waals surface area contributed by atoms with Gasteiger partial charge in [-0.05, 0) is 12.0 Å². The number of nitrogens with one attached hydrogen (secondary N) is 1. The predicted molar refractivity (Wildman–Crippen MR) is 100 cm³/mol. The normalized spacial score (nSPS) is 14.3. The number of aliphatic hydroxyl groups excluding tert-OH is 1. The largest absolute Gasteiger partial charge is 0.378 e. The second kappa shape index (κ2) is 13.7. The molecule has 2 atom stereocenters. The van der Waals surface area contributed by atoms with Crippen molar-refractivity contribution >= 4 is 28.4 Å². The van der Waals surface area contributed by atoms with Gasteiger partial charge in [0.05, 0.1) is 0 Å². The van der Waals surface area contributed by atoms with Gasteiger partial charge in [0, 0.05) is 42.6 Å². The molecule has 0 amide bonds. The monoisotopic (exact) mass is 500 g/mol. The van der Waals surface area contributed by atoms with E-state index in [9.17, 15) is 4.79 Å². The summed E-state index contributed by atoms with van der Waals surface area (Å²) in [7, 11) is 0. The molecule has 0 aliphatic rings. The zero-order chi connectivity index (χ0) is 17.3. The van der Waals surface area contributed by atoms with E-state index in [0.29, 0.717) is 0 Å². The molecule has 131 valence electrons. The number of carbonyl (C=O) groups is 1. The van der Waals surface area contributed by atoms with Crippen molar-refractivity contribution in [3.63, 3.8) is 0 Å². The Morgan fingerprint density at radius 3 is 1.95 bits per heavy atom. The van der Waals surface area contributed by atoms with Crippen LogP contribution in [0.3, 0.4) is 0 Å². The summed E-state index contributed by atoms with van der Waals surface area (Å²) in [6.45, 7) is 20.6. The molecule has 0 aromatic heterocycles. The van der Waals surface area contributed by atoms with Gasteiger partial charge in [-0.1, -0.05) is 70.6 Å². The first-order valence-corrected chi connectivity index (χ1v) is 9.01. The number of rotatable bonds is 6. The van der Waals surface area contributed by atoms with Crippen LogP contribution >= 0.6 is 22.6 Å². The summed E-state index contributed by atoms with van der Waals surface area (Å²) in [6.07, 6.45) is 1.34. The minimum Gasteiger partial charge on any atom is -0.378 e. The number of carbonyl (C=O) groups excluding carboxylic acids is 1. The minimum absolute atomic E-state index is 0. The molecule has 0 aliphatic heterocycles. The van der Waals surface area contributed by atoms with Crippen molar-refractivity contribution in [2.45, 2.75) is 60.6 Å². The van der Waals surface area contributed by atoms with Crippen molar-refractivity contribution < 1.29 is 42.6 Å². The maximum atomic E-state index is 11.8. The fourth-order valence-corrected chi connectivity index (χ4v) is 2.08. The molecule has 0 heterocycles. The maximum Gasteiger partial charge on any atom is 0.113 e. The molecular weight excluding hydrogens is 466 g/mol. The van der Waals surface area contributed by atoms with Gasteiger partial charge in [-0.15, -0.1) is 5.92 Å². The van der Waals surface area contributed by atoms with Gasteiger partial charge in [-0.3, -0.25) is 5.32 Å². The second-order valence-electron chi connectivity index (χ2n) is 7.55. The smallest absolute Gasteiger partial charge is 0.113 e. The van der Waals surface area contributed by atoms with Crippen LogP contribution in [0, 0.1) is 30.6 Å². The van der Waals surface area contributed by atoms with E-state index < -0.39 is 0 Å². The molecular formula is C17H34INO2Y-2. The Morgan fingerprint density at radius 2 is 1.68 bits per heavy atom. The molecule has 0 aromatic carbocycles. The van der Waals surface area contributed by atoms with Gasteiger partial charge in [-0.25, -0.2) is 0 Å². The number of hydrogen-bond donors (Lipinski definition) is 2. The molecule has 3 nitrogen and oxygen atoms in total. The number of Topliss-reactive ketones (excluding diaryl/α,β-unsaturated/α-hetero) is 1. The van der Waals surface area contributed by atoms with Crippen LogP contribution in [0.1, 0.15) is 54.4 Å². The maximum absolute atomic E-state index is 11.8. The van der Waals surface area contributed by atoms with Crippen molar-refractivity contribution in [1.29, 1.82) is 0 Å². The molecule has 1 radical (unpaired) electrons. The van der Waals surface area contributed by atoms with Crippen LogP contribution in [0.15, 0.2) is 0 Å². The molecule has 5 heteroatoms. The topological polar surface area (TPSA) is 49.3 Å². The quantitative estimate of drug-likeness (QED) is 0.251. The Kier molecular flexibility index (Phi) is 17.6. The predicted octanol–water partition coefficient (Wildman–Crippen LogP) is 4.04. The average molecular weight is 500 g/mol. The third-order valence-electron chi connectivity index (χ3n) is 2.67. The van der Waals surface area contributed by atoms with Gasteiger partial charge < -0.3 is 23.7 Å². The third kappa shape index (κ3) is 17.8. The molecule has 0 bridgehead atoms. The Morgan fingerprint density at radius 1 is 1.23 bits per heavy atom.